The number of nitrogens with one attached hydrogen (secondary N) is 1. The Bertz CT molecular complexity index is 147. The maximum Gasteiger partial charge on any atom is 0.0897 e. The summed E-state index contributed by atoms with van der Waals surface area (Å²) >= 11 is 0. The van der Waals surface area contributed by atoms with Crippen LogP contribution in [0.4, 0.5) is 0 Å². The summed E-state index contributed by atoms with van der Waals surface area (Å²) in [5, 5.41) is 12.9. The molecule has 0 aromatic carbocycles. The molecule has 1 atom stereocenters. The minimum atomic E-state index is -0.345. The first-order valence-corrected chi connectivity index (χ1v) is 6.33. The van der Waals surface area contributed by atoms with Crippen molar-refractivity contribution in [1.29, 1.82) is 0 Å². The van der Waals surface area contributed by atoms with Crippen LogP contribution in [-0.4, -0.2) is 37.0 Å². The van der Waals surface area contributed by atoms with E-state index in [-0.39, 0.29) is 6.10 Å². The summed E-state index contributed by atoms with van der Waals surface area (Å²) in [4.78, 5) is 0. The lowest BCUT2D eigenvalue weighted by atomic mass is 10.3. The molecule has 3 heteroatoms. The average Bonchev–Trinajstić information content (AvgIpc) is 2.74. The van der Waals surface area contributed by atoms with Crippen LogP contribution < -0.4 is 5.32 Å². The van der Waals surface area contributed by atoms with E-state index < -0.39 is 0 Å². The SMILES string of the molecule is CCCCNCC(O)COC1CCCC1. The summed E-state index contributed by atoms with van der Waals surface area (Å²) in [7, 11) is 0. The Kier molecular flexibility index (Phi) is 6.98. The number of hydrogen-bond donors (Lipinski definition) is 2. The van der Waals surface area contributed by atoms with E-state index in [2.05, 4.69) is 12.2 Å². The second-order valence-electron chi connectivity index (χ2n) is 4.45. The molecule has 0 spiro atoms. The van der Waals surface area contributed by atoms with Gasteiger partial charge in [-0.1, -0.05) is 26.2 Å². The number of ether oxygens (including phenoxy) is 1. The minimum Gasteiger partial charge on any atom is -0.389 e. The van der Waals surface area contributed by atoms with Gasteiger partial charge in [0.15, 0.2) is 0 Å². The minimum absolute atomic E-state index is 0.345. The number of hydrogen-bond acceptors (Lipinski definition) is 3. The first-order chi connectivity index (χ1) is 7.33. The van der Waals surface area contributed by atoms with Crippen molar-refractivity contribution in [1.82, 2.24) is 5.32 Å². The van der Waals surface area contributed by atoms with Crippen molar-refractivity contribution in [2.24, 2.45) is 0 Å². The second kappa shape index (κ2) is 8.08. The van der Waals surface area contributed by atoms with Crippen LogP contribution in [0, 0.1) is 0 Å². The number of aliphatic hydroxyl groups is 1. The average molecular weight is 215 g/mol. The van der Waals surface area contributed by atoms with Crippen molar-refractivity contribution < 1.29 is 9.84 Å². The highest BCUT2D eigenvalue weighted by Gasteiger charge is 2.16. The number of rotatable bonds is 8. The molecule has 1 aliphatic carbocycles. The smallest absolute Gasteiger partial charge is 0.0897 e. The molecular weight excluding hydrogens is 190 g/mol. The Morgan fingerprint density at radius 1 is 1.40 bits per heavy atom. The van der Waals surface area contributed by atoms with Crippen molar-refractivity contribution in [3.63, 3.8) is 0 Å². The molecule has 1 fully saturated rings. The third-order valence-corrected chi connectivity index (χ3v) is 2.91. The van der Waals surface area contributed by atoms with Crippen LogP contribution in [0.1, 0.15) is 45.4 Å². The predicted octanol–water partition coefficient (Wildman–Crippen LogP) is 1.70. The summed E-state index contributed by atoms with van der Waals surface area (Å²) < 4.78 is 5.63. The van der Waals surface area contributed by atoms with Gasteiger partial charge in [-0.15, -0.1) is 0 Å². The van der Waals surface area contributed by atoms with E-state index in [0.717, 1.165) is 6.54 Å². The maximum atomic E-state index is 9.62. The Morgan fingerprint density at radius 3 is 2.80 bits per heavy atom. The third kappa shape index (κ3) is 6.13. The van der Waals surface area contributed by atoms with E-state index >= 15 is 0 Å². The first kappa shape index (κ1) is 12.9. The van der Waals surface area contributed by atoms with E-state index in [1.165, 1.54) is 38.5 Å². The monoisotopic (exact) mass is 215 g/mol. The Hall–Kier alpha value is -0.120. The van der Waals surface area contributed by atoms with Gasteiger partial charge in [-0.2, -0.15) is 0 Å². The molecule has 15 heavy (non-hydrogen) atoms. The van der Waals surface area contributed by atoms with E-state index in [9.17, 15) is 5.11 Å². The van der Waals surface area contributed by atoms with E-state index in [0.29, 0.717) is 19.3 Å². The molecule has 0 aliphatic heterocycles. The molecule has 0 amide bonds. The topological polar surface area (TPSA) is 41.5 Å². The highest BCUT2D eigenvalue weighted by molar-refractivity contribution is 4.68. The zero-order chi connectivity index (χ0) is 10.9. The van der Waals surface area contributed by atoms with E-state index in [1.54, 1.807) is 0 Å². The fraction of sp³-hybridized carbons (Fsp3) is 1.00. The van der Waals surface area contributed by atoms with Gasteiger partial charge in [-0.05, 0) is 25.8 Å². The molecule has 0 aromatic rings. The zero-order valence-corrected chi connectivity index (χ0v) is 9.87. The lowest BCUT2D eigenvalue weighted by Gasteiger charge is -2.15. The van der Waals surface area contributed by atoms with Crippen LogP contribution in [0.25, 0.3) is 0 Å². The number of unbranched alkanes of at least 4 members (excludes halogenated alkanes) is 1. The van der Waals surface area contributed by atoms with Crippen molar-refractivity contribution >= 4 is 0 Å². The normalized spacial score (nSPS) is 19.6. The molecule has 0 heterocycles. The third-order valence-electron chi connectivity index (χ3n) is 2.91. The molecule has 1 aliphatic rings. The fourth-order valence-electron chi connectivity index (χ4n) is 1.93. The molecular formula is C12H25NO2. The molecule has 90 valence electrons. The molecule has 1 unspecified atom stereocenters. The van der Waals surface area contributed by atoms with Gasteiger partial charge in [0.25, 0.3) is 0 Å². The first-order valence-electron chi connectivity index (χ1n) is 6.33. The summed E-state index contributed by atoms with van der Waals surface area (Å²) in [5.74, 6) is 0. The summed E-state index contributed by atoms with van der Waals surface area (Å²) in [6, 6.07) is 0. The van der Waals surface area contributed by atoms with Crippen LogP contribution in [0.3, 0.4) is 0 Å². The van der Waals surface area contributed by atoms with Crippen molar-refractivity contribution in [2.45, 2.75) is 57.7 Å². The lowest BCUT2D eigenvalue weighted by Crippen LogP contribution is -2.32. The van der Waals surface area contributed by atoms with Gasteiger partial charge in [0.2, 0.25) is 0 Å². The van der Waals surface area contributed by atoms with Gasteiger partial charge in [0.1, 0.15) is 0 Å². The Balaban J connectivity index is 1.90. The molecule has 2 N–H and O–H groups in total. The molecule has 0 radical (unpaired) electrons. The van der Waals surface area contributed by atoms with Crippen LogP contribution in [0.15, 0.2) is 0 Å². The highest BCUT2D eigenvalue weighted by Crippen LogP contribution is 2.20. The standard InChI is InChI=1S/C12H25NO2/c1-2-3-8-13-9-11(14)10-15-12-6-4-5-7-12/h11-14H,2-10H2,1H3. The van der Waals surface area contributed by atoms with Gasteiger partial charge < -0.3 is 15.2 Å². The molecule has 1 rings (SSSR count). The van der Waals surface area contributed by atoms with Crippen LogP contribution in [-0.2, 0) is 4.74 Å². The van der Waals surface area contributed by atoms with Crippen molar-refractivity contribution in [3.05, 3.63) is 0 Å². The highest BCUT2D eigenvalue weighted by atomic mass is 16.5. The van der Waals surface area contributed by atoms with Crippen LogP contribution >= 0.6 is 0 Å². The molecule has 0 aromatic heterocycles. The van der Waals surface area contributed by atoms with Gasteiger partial charge >= 0.3 is 0 Å². The van der Waals surface area contributed by atoms with Gasteiger partial charge in [0.05, 0.1) is 18.8 Å². The Morgan fingerprint density at radius 2 is 2.13 bits per heavy atom. The van der Waals surface area contributed by atoms with Crippen molar-refractivity contribution in [2.75, 3.05) is 19.7 Å². The van der Waals surface area contributed by atoms with Crippen LogP contribution in [0.5, 0.6) is 0 Å². The van der Waals surface area contributed by atoms with Crippen molar-refractivity contribution in [3.8, 4) is 0 Å². The quantitative estimate of drug-likeness (QED) is 0.606. The molecule has 0 bridgehead atoms. The summed E-state index contributed by atoms with van der Waals surface area (Å²) in [5.41, 5.74) is 0. The summed E-state index contributed by atoms with van der Waals surface area (Å²) in [6.07, 6.45) is 7.37. The zero-order valence-electron chi connectivity index (χ0n) is 9.87. The second-order valence-corrected chi connectivity index (χ2v) is 4.45. The molecule has 1 saturated carbocycles. The molecule has 3 nitrogen and oxygen atoms in total. The Labute approximate surface area is 93.2 Å². The molecule has 0 saturated heterocycles. The van der Waals surface area contributed by atoms with Gasteiger partial charge in [0, 0.05) is 6.54 Å². The van der Waals surface area contributed by atoms with E-state index in [4.69, 9.17) is 4.74 Å². The maximum absolute atomic E-state index is 9.62. The van der Waals surface area contributed by atoms with E-state index in [1.807, 2.05) is 0 Å². The van der Waals surface area contributed by atoms with Crippen LogP contribution in [0.2, 0.25) is 0 Å². The largest absolute Gasteiger partial charge is 0.389 e. The number of aliphatic hydroxyl groups excluding tert-OH is 1. The van der Waals surface area contributed by atoms with Gasteiger partial charge in [-0.3, -0.25) is 0 Å². The summed E-state index contributed by atoms with van der Waals surface area (Å²) in [6.45, 7) is 4.31. The lowest BCUT2D eigenvalue weighted by molar-refractivity contribution is -0.00535. The van der Waals surface area contributed by atoms with Gasteiger partial charge in [-0.25, -0.2) is 0 Å². The fourth-order valence-corrected chi connectivity index (χ4v) is 1.93. The predicted molar refractivity (Wildman–Crippen MR) is 62.0 cm³/mol.